The van der Waals surface area contributed by atoms with Gasteiger partial charge in [-0.1, -0.05) is 11.2 Å². The lowest BCUT2D eigenvalue weighted by Crippen LogP contribution is -2.36. The van der Waals surface area contributed by atoms with Crippen LogP contribution >= 0.6 is 0 Å². The molecule has 4 heterocycles. The van der Waals surface area contributed by atoms with Crippen molar-refractivity contribution in [2.75, 3.05) is 31.2 Å². The van der Waals surface area contributed by atoms with Gasteiger partial charge in [-0.15, -0.1) is 10.2 Å². The van der Waals surface area contributed by atoms with Gasteiger partial charge in [-0.05, 0) is 42.8 Å². The second-order valence-corrected chi connectivity index (χ2v) is 7.29. The number of ether oxygens (including phenoxy) is 1. The molecule has 1 saturated heterocycles. The normalized spacial score (nSPS) is 15.2. The van der Waals surface area contributed by atoms with Gasteiger partial charge in [0.25, 0.3) is 0 Å². The molecule has 1 fully saturated rings. The van der Waals surface area contributed by atoms with Gasteiger partial charge in [-0.2, -0.15) is 9.61 Å². The molecule has 0 saturated carbocycles. The van der Waals surface area contributed by atoms with Gasteiger partial charge in [0.05, 0.1) is 30.6 Å². The average Bonchev–Trinajstić information content (AvgIpc) is 3.20. The van der Waals surface area contributed by atoms with Crippen molar-refractivity contribution in [2.24, 2.45) is 5.16 Å². The molecule has 0 unspecified atom stereocenters. The summed E-state index contributed by atoms with van der Waals surface area (Å²) in [5, 5.41) is 26.3. The van der Waals surface area contributed by atoms with E-state index in [9.17, 15) is 0 Å². The quantitative estimate of drug-likeness (QED) is 0.317. The first kappa shape index (κ1) is 18.4. The number of morpholine rings is 1. The van der Waals surface area contributed by atoms with Crippen LogP contribution in [0.25, 0.3) is 16.6 Å². The van der Waals surface area contributed by atoms with Gasteiger partial charge in [0.2, 0.25) is 0 Å². The zero-order valence-electron chi connectivity index (χ0n) is 16.6. The molecule has 0 radical (unpaired) electrons. The molecule has 1 N–H and O–H groups in total. The van der Waals surface area contributed by atoms with E-state index in [-0.39, 0.29) is 0 Å². The van der Waals surface area contributed by atoms with Crippen LogP contribution in [-0.2, 0) is 11.2 Å². The fourth-order valence-electron chi connectivity index (χ4n) is 3.64. The van der Waals surface area contributed by atoms with Gasteiger partial charge in [0.15, 0.2) is 11.5 Å². The highest BCUT2D eigenvalue weighted by atomic mass is 16.5. The van der Waals surface area contributed by atoms with Crippen LogP contribution in [0.2, 0.25) is 0 Å². The highest BCUT2D eigenvalue weighted by Crippen LogP contribution is 2.23. The Balaban J connectivity index is 1.47. The summed E-state index contributed by atoms with van der Waals surface area (Å²) in [6.45, 7) is 4.94. The van der Waals surface area contributed by atoms with Gasteiger partial charge in [0.1, 0.15) is 11.4 Å². The van der Waals surface area contributed by atoms with Crippen molar-refractivity contribution in [3.63, 3.8) is 0 Å². The molecular formula is C21H21N7O2. The molecule has 152 valence electrons. The summed E-state index contributed by atoms with van der Waals surface area (Å²) < 4.78 is 7.14. The number of hydrogen-bond acceptors (Lipinski definition) is 8. The van der Waals surface area contributed by atoms with E-state index < -0.39 is 0 Å². The third-order valence-electron chi connectivity index (χ3n) is 5.32. The Labute approximate surface area is 172 Å². The number of rotatable bonds is 4. The second-order valence-electron chi connectivity index (χ2n) is 7.29. The van der Waals surface area contributed by atoms with E-state index in [0.29, 0.717) is 29.3 Å². The molecule has 4 aromatic rings. The van der Waals surface area contributed by atoms with Crippen molar-refractivity contribution < 1.29 is 9.94 Å². The number of benzene rings is 1. The largest absolute Gasteiger partial charge is 0.411 e. The Kier molecular flexibility index (Phi) is 4.72. The van der Waals surface area contributed by atoms with Crippen LogP contribution in [0.5, 0.6) is 0 Å². The van der Waals surface area contributed by atoms with E-state index in [1.54, 1.807) is 17.5 Å². The molecule has 0 aliphatic carbocycles. The van der Waals surface area contributed by atoms with Crippen LogP contribution in [0.4, 0.5) is 5.69 Å². The molecule has 30 heavy (non-hydrogen) atoms. The summed E-state index contributed by atoms with van der Waals surface area (Å²) >= 11 is 0. The molecule has 0 spiro atoms. The minimum absolute atomic E-state index is 0.434. The van der Waals surface area contributed by atoms with Crippen molar-refractivity contribution >= 4 is 27.9 Å². The molecule has 1 aliphatic heterocycles. The van der Waals surface area contributed by atoms with Crippen molar-refractivity contribution in [2.45, 2.75) is 13.3 Å². The Morgan fingerprint density at radius 3 is 2.83 bits per heavy atom. The maximum Gasteiger partial charge on any atom is 0.177 e. The first-order valence-corrected chi connectivity index (χ1v) is 9.83. The molecule has 0 atom stereocenters. The number of anilines is 1. The maximum atomic E-state index is 9.02. The number of nitrogens with zero attached hydrogens (tertiary/aromatic N) is 7. The summed E-state index contributed by atoms with van der Waals surface area (Å²) in [6, 6.07) is 12.0. The van der Waals surface area contributed by atoms with Gasteiger partial charge in [0, 0.05) is 24.9 Å². The number of oxime groups is 1. The van der Waals surface area contributed by atoms with E-state index in [0.717, 1.165) is 48.5 Å². The van der Waals surface area contributed by atoms with Crippen LogP contribution in [0.15, 0.2) is 47.8 Å². The molecule has 1 aromatic carbocycles. The summed E-state index contributed by atoms with van der Waals surface area (Å²) in [5.74, 6) is 0.717. The van der Waals surface area contributed by atoms with Crippen LogP contribution in [0, 0.1) is 0 Å². The fourth-order valence-corrected chi connectivity index (χ4v) is 3.64. The van der Waals surface area contributed by atoms with E-state index >= 15 is 0 Å². The lowest BCUT2D eigenvalue weighted by Gasteiger charge is -2.28. The van der Waals surface area contributed by atoms with Crippen LogP contribution in [0.1, 0.15) is 24.0 Å². The van der Waals surface area contributed by atoms with Gasteiger partial charge >= 0.3 is 0 Å². The smallest absolute Gasteiger partial charge is 0.177 e. The zero-order valence-corrected chi connectivity index (χ0v) is 16.6. The monoisotopic (exact) mass is 403 g/mol. The van der Waals surface area contributed by atoms with Crippen molar-refractivity contribution in [1.82, 2.24) is 24.8 Å². The van der Waals surface area contributed by atoms with E-state index in [2.05, 4.69) is 48.5 Å². The predicted molar refractivity (Wildman–Crippen MR) is 112 cm³/mol. The fraction of sp³-hybridized carbons (Fsp3) is 0.286. The van der Waals surface area contributed by atoms with Gasteiger partial charge in [-0.25, -0.2) is 0 Å². The molecule has 3 aromatic heterocycles. The molecule has 5 rings (SSSR count). The van der Waals surface area contributed by atoms with Crippen LogP contribution < -0.4 is 4.90 Å². The topological polar surface area (TPSA) is 101 Å². The van der Waals surface area contributed by atoms with Crippen LogP contribution in [0.3, 0.4) is 0 Å². The number of aromatic nitrogens is 5. The third-order valence-corrected chi connectivity index (χ3v) is 5.32. The predicted octanol–water partition coefficient (Wildman–Crippen LogP) is 2.30. The first-order valence-electron chi connectivity index (χ1n) is 9.83. The molecule has 0 bridgehead atoms. The van der Waals surface area contributed by atoms with Gasteiger partial charge < -0.3 is 14.8 Å². The molecule has 9 nitrogen and oxygen atoms in total. The SMILES string of the molecule is CC(=NO)c1ccc2nnc(Cc3ccc4ncc(N5CCOCC5)cc4c3)n2n1. The highest BCUT2D eigenvalue weighted by Gasteiger charge is 2.13. The molecular weight excluding hydrogens is 382 g/mol. The molecule has 9 heteroatoms. The number of hydrogen-bond donors (Lipinski definition) is 1. The summed E-state index contributed by atoms with van der Waals surface area (Å²) in [4.78, 5) is 6.92. The van der Waals surface area contributed by atoms with E-state index in [4.69, 9.17) is 9.94 Å². The number of fused-ring (bicyclic) bond motifs is 2. The first-order chi connectivity index (χ1) is 14.7. The van der Waals surface area contributed by atoms with E-state index in [1.807, 2.05) is 18.3 Å². The van der Waals surface area contributed by atoms with E-state index in [1.165, 1.54) is 0 Å². The molecule has 0 amide bonds. The Bertz CT molecular complexity index is 1240. The van der Waals surface area contributed by atoms with Crippen LogP contribution in [-0.4, -0.2) is 62.0 Å². The summed E-state index contributed by atoms with van der Waals surface area (Å²) in [5.41, 5.74) is 4.82. The highest BCUT2D eigenvalue weighted by molar-refractivity contribution is 5.96. The number of pyridine rings is 1. The Hall–Kier alpha value is -3.59. The molecule has 1 aliphatic rings. The zero-order chi connectivity index (χ0) is 20.5. The maximum absolute atomic E-state index is 9.02. The van der Waals surface area contributed by atoms with Crippen molar-refractivity contribution in [3.05, 3.63) is 59.7 Å². The van der Waals surface area contributed by atoms with Crippen molar-refractivity contribution in [3.8, 4) is 0 Å². The lowest BCUT2D eigenvalue weighted by atomic mass is 10.1. The lowest BCUT2D eigenvalue weighted by molar-refractivity contribution is 0.122. The Morgan fingerprint density at radius 2 is 2.00 bits per heavy atom. The van der Waals surface area contributed by atoms with Crippen molar-refractivity contribution in [1.29, 1.82) is 0 Å². The average molecular weight is 403 g/mol. The standard InChI is InChI=1S/C21H21N7O2/c1-14(26-29)18-4-5-20-23-24-21(28(20)25-18)11-15-2-3-19-16(10-15)12-17(13-22-19)27-6-8-30-9-7-27/h2-5,10,12-13,29H,6-9,11H2,1H3. The summed E-state index contributed by atoms with van der Waals surface area (Å²) in [6.07, 6.45) is 2.50. The Morgan fingerprint density at radius 1 is 1.13 bits per heavy atom. The summed E-state index contributed by atoms with van der Waals surface area (Å²) in [7, 11) is 0. The second kappa shape index (κ2) is 7.68. The third kappa shape index (κ3) is 3.43. The minimum atomic E-state index is 0.434. The minimum Gasteiger partial charge on any atom is -0.411 e. The van der Waals surface area contributed by atoms with Gasteiger partial charge in [-0.3, -0.25) is 4.98 Å².